The highest BCUT2D eigenvalue weighted by Gasteiger charge is 2.42. The minimum Gasteiger partial charge on any atom is -0.388 e. The number of hydrogen-bond acceptors (Lipinski definition) is 2. The van der Waals surface area contributed by atoms with E-state index in [1.54, 1.807) is 0 Å². The lowest BCUT2D eigenvalue weighted by atomic mass is 10.1. The first-order chi connectivity index (χ1) is 19.3. The zero-order valence-corrected chi connectivity index (χ0v) is 25.8. The van der Waals surface area contributed by atoms with Crippen molar-refractivity contribution >= 4 is 18.9 Å². The fourth-order valence-corrected chi connectivity index (χ4v) is 8.15. The molecule has 0 fully saturated rings. The van der Waals surface area contributed by atoms with E-state index in [2.05, 4.69) is 84.3 Å². The van der Waals surface area contributed by atoms with Gasteiger partial charge < -0.3 is 8.85 Å². The van der Waals surface area contributed by atoms with Crippen LogP contribution in [0.15, 0.2) is 60.7 Å². The molecule has 0 saturated carbocycles. The molecule has 0 amide bonds. The van der Waals surface area contributed by atoms with Crippen molar-refractivity contribution in [2.45, 2.75) is 117 Å². The highest BCUT2D eigenvalue weighted by atomic mass is 28.4. The largest absolute Gasteiger partial charge is 0.407 e. The average Bonchev–Trinajstić information content (AvgIpc) is 2.98. The minimum absolute atomic E-state index is 0.754. The summed E-state index contributed by atoms with van der Waals surface area (Å²) in [5.41, 5.74) is 0. The van der Waals surface area contributed by atoms with Crippen molar-refractivity contribution in [1.82, 2.24) is 0 Å². The Bertz CT molecular complexity index is 884. The van der Waals surface area contributed by atoms with E-state index < -0.39 is 8.56 Å². The van der Waals surface area contributed by atoms with Crippen LogP contribution in [0, 0.1) is 23.7 Å². The second-order valence-corrected chi connectivity index (χ2v) is 13.3. The van der Waals surface area contributed by atoms with Crippen molar-refractivity contribution in [3.63, 3.8) is 0 Å². The van der Waals surface area contributed by atoms with Gasteiger partial charge in [0.05, 0.1) is 0 Å². The van der Waals surface area contributed by atoms with Crippen LogP contribution in [0.3, 0.4) is 0 Å². The molecule has 2 rings (SSSR count). The molecule has 0 heterocycles. The van der Waals surface area contributed by atoms with E-state index in [4.69, 9.17) is 8.85 Å². The van der Waals surface area contributed by atoms with E-state index in [9.17, 15) is 0 Å². The molecular formula is C36H52O2Si. The first kappa shape index (κ1) is 32.9. The van der Waals surface area contributed by atoms with Gasteiger partial charge in [0.25, 0.3) is 0 Å². The van der Waals surface area contributed by atoms with Crippen molar-refractivity contribution < 1.29 is 8.85 Å². The summed E-state index contributed by atoms with van der Waals surface area (Å²) in [6, 6.07) is 21.4. The third-order valence-electron chi connectivity index (χ3n) is 7.16. The first-order valence-electron chi connectivity index (χ1n) is 15.5. The van der Waals surface area contributed by atoms with E-state index in [1.807, 2.05) is 13.8 Å². The third-order valence-corrected chi connectivity index (χ3v) is 10.6. The topological polar surface area (TPSA) is 18.5 Å². The van der Waals surface area contributed by atoms with Gasteiger partial charge in [-0.1, -0.05) is 125 Å². The van der Waals surface area contributed by atoms with Crippen molar-refractivity contribution in [1.29, 1.82) is 0 Å². The van der Waals surface area contributed by atoms with Gasteiger partial charge in [0.15, 0.2) is 0 Å². The maximum absolute atomic E-state index is 6.86. The molecule has 212 valence electrons. The molecular weight excluding hydrogens is 492 g/mol. The number of benzene rings is 2. The first-order valence-corrected chi connectivity index (χ1v) is 17.3. The van der Waals surface area contributed by atoms with E-state index in [0.717, 1.165) is 38.9 Å². The Labute approximate surface area is 241 Å². The predicted molar refractivity (Wildman–Crippen MR) is 171 cm³/mol. The molecule has 3 heteroatoms. The molecule has 2 aromatic carbocycles. The van der Waals surface area contributed by atoms with Gasteiger partial charge in [0.2, 0.25) is 0 Å². The lowest BCUT2D eigenvalue weighted by Gasteiger charge is -2.31. The van der Waals surface area contributed by atoms with Gasteiger partial charge in [-0.05, 0) is 49.9 Å². The maximum atomic E-state index is 6.86. The van der Waals surface area contributed by atoms with E-state index in [0.29, 0.717) is 0 Å². The Morgan fingerprint density at radius 3 is 1.15 bits per heavy atom. The summed E-state index contributed by atoms with van der Waals surface area (Å²) < 4.78 is 13.7. The van der Waals surface area contributed by atoms with Crippen molar-refractivity contribution in [2.75, 3.05) is 13.2 Å². The number of rotatable bonds is 22. The van der Waals surface area contributed by atoms with Crippen LogP contribution in [0.2, 0.25) is 0 Å². The normalized spacial score (nSPS) is 10.9. The van der Waals surface area contributed by atoms with Crippen molar-refractivity contribution in [3.8, 4) is 23.7 Å². The Balaban J connectivity index is 1.85. The summed E-state index contributed by atoms with van der Waals surface area (Å²) in [6.45, 7) is 5.36. The monoisotopic (exact) mass is 544 g/mol. The highest BCUT2D eigenvalue weighted by Crippen LogP contribution is 2.15. The van der Waals surface area contributed by atoms with Crippen LogP contribution >= 0.6 is 0 Å². The Hall–Kier alpha value is -2.30. The van der Waals surface area contributed by atoms with Gasteiger partial charge in [-0.15, -0.1) is 23.7 Å². The molecule has 0 aromatic heterocycles. The van der Waals surface area contributed by atoms with Gasteiger partial charge in [-0.3, -0.25) is 0 Å². The van der Waals surface area contributed by atoms with Crippen LogP contribution in [0.25, 0.3) is 0 Å². The van der Waals surface area contributed by atoms with E-state index >= 15 is 0 Å². The zero-order chi connectivity index (χ0) is 27.7. The maximum Gasteiger partial charge on any atom is 0.407 e. The summed E-state index contributed by atoms with van der Waals surface area (Å²) in [4.78, 5) is 0. The van der Waals surface area contributed by atoms with Crippen LogP contribution in [-0.2, 0) is 8.85 Å². The molecule has 0 radical (unpaired) electrons. The van der Waals surface area contributed by atoms with Crippen LogP contribution in [0.5, 0.6) is 0 Å². The highest BCUT2D eigenvalue weighted by molar-refractivity contribution is 6.92. The standard InChI is InChI=1S/C36H52O2Si/c1-3-5-7-9-11-13-15-17-19-27-33-37-39(35-29-23-21-24-30-35,36-31-25-22-26-32-36)38-34-28-20-18-16-14-12-10-8-6-4-2/h21-26,29-32H,7-20,27-28,33-34H2,1-2H3. The molecule has 0 atom stereocenters. The van der Waals surface area contributed by atoms with Crippen LogP contribution in [0.1, 0.15) is 117 Å². The van der Waals surface area contributed by atoms with E-state index in [1.165, 1.54) is 87.4 Å². The number of unbranched alkanes of at least 4 members (excludes halogenated alkanes) is 14. The molecule has 0 aliphatic rings. The smallest absolute Gasteiger partial charge is 0.388 e. The van der Waals surface area contributed by atoms with Crippen LogP contribution in [-0.4, -0.2) is 21.8 Å². The summed E-state index contributed by atoms with van der Waals surface area (Å²) in [6.07, 6.45) is 19.6. The van der Waals surface area contributed by atoms with Gasteiger partial charge >= 0.3 is 8.56 Å². The average molecular weight is 545 g/mol. The summed E-state index contributed by atoms with van der Waals surface area (Å²) in [5, 5.41) is 2.42. The fraction of sp³-hybridized carbons (Fsp3) is 0.556. The van der Waals surface area contributed by atoms with Gasteiger partial charge in [0, 0.05) is 26.1 Å². The van der Waals surface area contributed by atoms with Crippen molar-refractivity contribution in [3.05, 3.63) is 60.7 Å². The van der Waals surface area contributed by atoms with Gasteiger partial charge in [-0.25, -0.2) is 0 Å². The van der Waals surface area contributed by atoms with Crippen LogP contribution in [0.4, 0.5) is 0 Å². The minimum atomic E-state index is -2.76. The Morgan fingerprint density at radius 2 is 0.795 bits per heavy atom. The molecule has 39 heavy (non-hydrogen) atoms. The summed E-state index contributed by atoms with van der Waals surface area (Å²) in [5.74, 6) is 12.3. The zero-order valence-electron chi connectivity index (χ0n) is 24.8. The SMILES string of the molecule is CC#CCCCCCCCCCO[Si](OCCCCCCCCCC#CC)(c1ccccc1)c1ccccc1. The molecule has 0 aliphatic carbocycles. The molecule has 2 nitrogen and oxygen atoms in total. The second-order valence-electron chi connectivity index (χ2n) is 10.3. The van der Waals surface area contributed by atoms with E-state index in [-0.39, 0.29) is 0 Å². The molecule has 0 spiro atoms. The quantitative estimate of drug-likeness (QED) is 0.0840. The lowest BCUT2D eigenvalue weighted by molar-refractivity contribution is 0.184. The molecule has 0 N–H and O–H groups in total. The Morgan fingerprint density at radius 1 is 0.462 bits per heavy atom. The second kappa shape index (κ2) is 22.5. The van der Waals surface area contributed by atoms with Gasteiger partial charge in [-0.2, -0.15) is 0 Å². The molecule has 2 aromatic rings. The fourth-order valence-electron chi connectivity index (χ4n) is 4.94. The summed E-state index contributed by atoms with van der Waals surface area (Å²) in [7, 11) is -2.76. The van der Waals surface area contributed by atoms with Crippen molar-refractivity contribution in [2.24, 2.45) is 0 Å². The Kier molecular flexibility index (Phi) is 19.0. The molecule has 0 aliphatic heterocycles. The molecule has 0 saturated heterocycles. The third kappa shape index (κ3) is 14.1. The number of hydrogen-bond donors (Lipinski definition) is 0. The van der Waals surface area contributed by atoms with Crippen LogP contribution < -0.4 is 10.4 Å². The molecule has 0 bridgehead atoms. The summed E-state index contributed by atoms with van der Waals surface area (Å²) >= 11 is 0. The van der Waals surface area contributed by atoms with Gasteiger partial charge in [0.1, 0.15) is 0 Å². The molecule has 0 unspecified atom stereocenters. The predicted octanol–water partition coefficient (Wildman–Crippen LogP) is 8.56. The lowest BCUT2D eigenvalue weighted by Crippen LogP contribution is -2.63.